The lowest BCUT2D eigenvalue weighted by Gasteiger charge is -2.26. The molecule has 104 valence electrons. The number of likely N-dealkylation sites (N-methyl/N-ethyl adjacent to an activating group) is 1. The van der Waals surface area contributed by atoms with Crippen molar-refractivity contribution in [3.05, 3.63) is 17.0 Å². The van der Waals surface area contributed by atoms with Gasteiger partial charge in [0.1, 0.15) is 6.04 Å². The van der Waals surface area contributed by atoms with Crippen LogP contribution in [0.5, 0.6) is 0 Å². The molecule has 1 N–H and O–H groups in total. The third-order valence-electron chi connectivity index (χ3n) is 3.58. The fourth-order valence-corrected chi connectivity index (χ4v) is 2.57. The maximum Gasteiger partial charge on any atom is 0.258 e. The van der Waals surface area contributed by atoms with Crippen LogP contribution in [0.1, 0.15) is 34.6 Å². The van der Waals surface area contributed by atoms with Crippen molar-refractivity contribution in [3.63, 3.8) is 0 Å². The van der Waals surface area contributed by atoms with Crippen molar-refractivity contribution in [1.82, 2.24) is 20.0 Å². The molecule has 0 spiro atoms. The number of likely N-dealkylation sites (tertiary alicyclic amines) is 1. The Bertz CT molecular complexity index is 487. The summed E-state index contributed by atoms with van der Waals surface area (Å²) in [5.41, 5.74) is 2.04. The maximum absolute atomic E-state index is 12.6. The summed E-state index contributed by atoms with van der Waals surface area (Å²) in [5, 5.41) is 6.86. The molecule has 0 aromatic carbocycles. The first kappa shape index (κ1) is 13.6. The molecule has 6 heteroatoms. The standard InChI is InChI=1S/C13H20N4O2/c1-8-11(9(2)15-14-8)13(19)17-7-5-6-10(17)12(18)16(3)4/h10H,5-7H2,1-4H3,(H,14,15). The van der Waals surface area contributed by atoms with Crippen LogP contribution in [0.3, 0.4) is 0 Å². The lowest BCUT2D eigenvalue weighted by molar-refractivity contribution is -0.132. The van der Waals surface area contributed by atoms with Crippen molar-refractivity contribution < 1.29 is 9.59 Å². The summed E-state index contributed by atoms with van der Waals surface area (Å²) in [4.78, 5) is 27.9. The highest BCUT2D eigenvalue weighted by molar-refractivity contribution is 5.99. The van der Waals surface area contributed by atoms with Crippen molar-refractivity contribution in [2.75, 3.05) is 20.6 Å². The van der Waals surface area contributed by atoms with Gasteiger partial charge in [0.15, 0.2) is 0 Å². The Kier molecular flexibility index (Phi) is 3.59. The third-order valence-corrected chi connectivity index (χ3v) is 3.58. The summed E-state index contributed by atoms with van der Waals surface area (Å²) in [7, 11) is 3.44. The van der Waals surface area contributed by atoms with Crippen molar-refractivity contribution in [3.8, 4) is 0 Å². The number of amides is 2. The fourth-order valence-electron chi connectivity index (χ4n) is 2.57. The Balaban J connectivity index is 2.26. The van der Waals surface area contributed by atoms with E-state index in [-0.39, 0.29) is 17.9 Å². The molecule has 2 amide bonds. The highest BCUT2D eigenvalue weighted by Crippen LogP contribution is 2.23. The maximum atomic E-state index is 12.6. The number of hydrogen-bond acceptors (Lipinski definition) is 3. The number of nitrogens with one attached hydrogen (secondary N) is 1. The fraction of sp³-hybridized carbons (Fsp3) is 0.615. The zero-order valence-corrected chi connectivity index (χ0v) is 11.9. The van der Waals surface area contributed by atoms with E-state index in [0.29, 0.717) is 17.8 Å². The summed E-state index contributed by atoms with van der Waals surface area (Å²) in [6, 6.07) is -0.337. The second kappa shape index (κ2) is 5.03. The van der Waals surface area contributed by atoms with E-state index < -0.39 is 0 Å². The van der Waals surface area contributed by atoms with Crippen LogP contribution < -0.4 is 0 Å². The van der Waals surface area contributed by atoms with Gasteiger partial charge in [-0.05, 0) is 26.7 Å². The summed E-state index contributed by atoms with van der Waals surface area (Å²) in [6.45, 7) is 4.26. The van der Waals surface area contributed by atoms with Crippen LogP contribution in [-0.2, 0) is 4.79 Å². The van der Waals surface area contributed by atoms with Crippen molar-refractivity contribution in [2.45, 2.75) is 32.7 Å². The van der Waals surface area contributed by atoms with Gasteiger partial charge in [0.05, 0.1) is 11.3 Å². The van der Waals surface area contributed by atoms with Crippen molar-refractivity contribution in [2.24, 2.45) is 0 Å². The van der Waals surface area contributed by atoms with E-state index in [0.717, 1.165) is 18.5 Å². The Hall–Kier alpha value is -1.85. The normalized spacial score (nSPS) is 18.7. The minimum Gasteiger partial charge on any atom is -0.347 e. The van der Waals surface area contributed by atoms with Gasteiger partial charge >= 0.3 is 0 Å². The number of carbonyl (C=O) groups is 2. The van der Waals surface area contributed by atoms with Gasteiger partial charge in [-0.1, -0.05) is 0 Å². The molecule has 1 aliphatic heterocycles. The molecule has 1 atom stereocenters. The average Bonchev–Trinajstić information content (AvgIpc) is 2.95. The molecule has 1 fully saturated rings. The third kappa shape index (κ3) is 2.34. The predicted molar refractivity (Wildman–Crippen MR) is 70.8 cm³/mol. The van der Waals surface area contributed by atoms with Crippen LogP contribution in [0.25, 0.3) is 0 Å². The van der Waals surface area contributed by atoms with Crippen LogP contribution in [0.15, 0.2) is 0 Å². The highest BCUT2D eigenvalue weighted by atomic mass is 16.2. The van der Waals surface area contributed by atoms with Gasteiger partial charge in [0, 0.05) is 26.3 Å². The van der Waals surface area contributed by atoms with E-state index in [1.165, 1.54) is 0 Å². The van der Waals surface area contributed by atoms with Gasteiger partial charge < -0.3 is 9.80 Å². The number of hydrogen-bond donors (Lipinski definition) is 1. The molecule has 0 saturated carbocycles. The monoisotopic (exact) mass is 264 g/mol. The minimum atomic E-state index is -0.337. The molecule has 1 aromatic rings. The van der Waals surface area contributed by atoms with Gasteiger partial charge in [-0.15, -0.1) is 0 Å². The summed E-state index contributed by atoms with van der Waals surface area (Å²) >= 11 is 0. The van der Waals surface area contributed by atoms with E-state index in [2.05, 4.69) is 10.2 Å². The second-order valence-corrected chi connectivity index (χ2v) is 5.20. The molecule has 1 aliphatic rings. The van der Waals surface area contributed by atoms with E-state index in [1.54, 1.807) is 30.8 Å². The molecule has 1 saturated heterocycles. The van der Waals surface area contributed by atoms with Crippen molar-refractivity contribution >= 4 is 11.8 Å². The number of carbonyl (C=O) groups excluding carboxylic acids is 2. The Morgan fingerprint density at radius 3 is 2.58 bits per heavy atom. The van der Waals surface area contributed by atoms with Crippen LogP contribution in [0.4, 0.5) is 0 Å². The predicted octanol–water partition coefficient (Wildman–Crippen LogP) is 0.719. The second-order valence-electron chi connectivity index (χ2n) is 5.20. The molecule has 1 unspecified atom stereocenters. The Morgan fingerprint density at radius 1 is 1.37 bits per heavy atom. The van der Waals surface area contributed by atoms with Gasteiger partial charge in [-0.2, -0.15) is 5.10 Å². The van der Waals surface area contributed by atoms with E-state index >= 15 is 0 Å². The van der Waals surface area contributed by atoms with Crippen LogP contribution in [0.2, 0.25) is 0 Å². The van der Waals surface area contributed by atoms with Gasteiger partial charge in [-0.3, -0.25) is 14.7 Å². The van der Waals surface area contributed by atoms with E-state index in [1.807, 2.05) is 6.92 Å². The molecule has 0 bridgehead atoms. The molecule has 6 nitrogen and oxygen atoms in total. The summed E-state index contributed by atoms with van der Waals surface area (Å²) < 4.78 is 0. The highest BCUT2D eigenvalue weighted by Gasteiger charge is 2.36. The van der Waals surface area contributed by atoms with Crippen LogP contribution >= 0.6 is 0 Å². The molecule has 0 radical (unpaired) electrons. The number of nitrogens with zero attached hydrogens (tertiary/aromatic N) is 3. The molecule has 19 heavy (non-hydrogen) atoms. The molecular weight excluding hydrogens is 244 g/mol. The summed E-state index contributed by atoms with van der Waals surface area (Å²) in [5.74, 6) is -0.105. The number of aromatic amines is 1. The van der Waals surface area contributed by atoms with Gasteiger partial charge in [0.25, 0.3) is 5.91 Å². The minimum absolute atomic E-state index is 0.00958. The van der Waals surface area contributed by atoms with E-state index in [4.69, 9.17) is 0 Å². The average molecular weight is 264 g/mol. The first-order chi connectivity index (χ1) is 8.93. The largest absolute Gasteiger partial charge is 0.347 e. The molecule has 0 aliphatic carbocycles. The zero-order chi connectivity index (χ0) is 14.2. The van der Waals surface area contributed by atoms with Crippen molar-refractivity contribution in [1.29, 1.82) is 0 Å². The lowest BCUT2D eigenvalue weighted by atomic mass is 10.1. The van der Waals surface area contributed by atoms with Crippen LogP contribution in [-0.4, -0.2) is 58.5 Å². The first-order valence-corrected chi connectivity index (χ1v) is 6.47. The molecular formula is C13H20N4O2. The molecule has 2 rings (SSSR count). The smallest absolute Gasteiger partial charge is 0.258 e. The topological polar surface area (TPSA) is 69.3 Å². The number of aromatic nitrogens is 2. The molecule has 1 aromatic heterocycles. The molecule has 2 heterocycles. The Morgan fingerprint density at radius 2 is 2.05 bits per heavy atom. The first-order valence-electron chi connectivity index (χ1n) is 6.47. The zero-order valence-electron chi connectivity index (χ0n) is 11.9. The number of aryl methyl sites for hydroxylation is 2. The SMILES string of the molecule is Cc1n[nH]c(C)c1C(=O)N1CCCC1C(=O)N(C)C. The number of H-pyrrole nitrogens is 1. The lowest BCUT2D eigenvalue weighted by Crippen LogP contribution is -2.45. The van der Waals surface area contributed by atoms with E-state index in [9.17, 15) is 9.59 Å². The number of rotatable bonds is 2. The van der Waals surface area contributed by atoms with Crippen LogP contribution in [0, 0.1) is 13.8 Å². The summed E-state index contributed by atoms with van der Waals surface area (Å²) in [6.07, 6.45) is 1.60. The quantitative estimate of drug-likeness (QED) is 0.855. The van der Waals surface area contributed by atoms with Gasteiger partial charge in [-0.25, -0.2) is 0 Å². The van der Waals surface area contributed by atoms with Gasteiger partial charge in [0.2, 0.25) is 5.91 Å². The Labute approximate surface area is 112 Å².